The van der Waals surface area contributed by atoms with Crippen molar-refractivity contribution in [3.05, 3.63) is 48.2 Å². The maximum Gasteiger partial charge on any atom is 0.219 e. The van der Waals surface area contributed by atoms with E-state index in [2.05, 4.69) is 34.4 Å². The highest BCUT2D eigenvalue weighted by atomic mass is 16.5. The minimum atomic E-state index is 0.415. The predicted octanol–water partition coefficient (Wildman–Crippen LogP) is 3.05. The summed E-state index contributed by atoms with van der Waals surface area (Å²) in [6.07, 6.45) is 1.75. The summed E-state index contributed by atoms with van der Waals surface area (Å²) < 4.78 is 16.8. The number of morpholine rings is 1. The number of rotatable bonds is 10. The Bertz CT molecular complexity index is 838. The van der Waals surface area contributed by atoms with Gasteiger partial charge in [0.25, 0.3) is 0 Å². The average molecular weight is 442 g/mol. The molecule has 2 heterocycles. The SMILES string of the molecule is CCNC(=NCc1ccnc(Oc2ccc(OCC)cc2)c1)NCC(C)N1CCOCC1. The van der Waals surface area contributed by atoms with E-state index in [0.29, 0.717) is 30.8 Å². The van der Waals surface area contributed by atoms with Gasteiger partial charge in [0.1, 0.15) is 11.5 Å². The van der Waals surface area contributed by atoms with Gasteiger partial charge in [0, 0.05) is 44.5 Å². The number of hydrogen-bond donors (Lipinski definition) is 2. The van der Waals surface area contributed by atoms with Gasteiger partial charge in [-0.25, -0.2) is 9.98 Å². The van der Waals surface area contributed by atoms with E-state index in [4.69, 9.17) is 19.2 Å². The Morgan fingerprint density at radius 3 is 2.59 bits per heavy atom. The van der Waals surface area contributed by atoms with Crippen molar-refractivity contribution in [2.75, 3.05) is 46.0 Å². The highest BCUT2D eigenvalue weighted by Crippen LogP contribution is 2.23. The molecule has 1 fully saturated rings. The van der Waals surface area contributed by atoms with E-state index in [1.807, 2.05) is 43.3 Å². The highest BCUT2D eigenvalue weighted by molar-refractivity contribution is 5.79. The molecule has 1 unspecified atom stereocenters. The van der Waals surface area contributed by atoms with Crippen molar-refractivity contribution in [3.8, 4) is 17.4 Å². The van der Waals surface area contributed by atoms with Crippen molar-refractivity contribution in [1.29, 1.82) is 0 Å². The van der Waals surface area contributed by atoms with Gasteiger partial charge in [-0.2, -0.15) is 0 Å². The molecule has 1 aromatic heterocycles. The van der Waals surface area contributed by atoms with E-state index >= 15 is 0 Å². The summed E-state index contributed by atoms with van der Waals surface area (Å²) in [5.74, 6) is 2.88. The first-order valence-electron chi connectivity index (χ1n) is 11.4. The number of aromatic nitrogens is 1. The lowest BCUT2D eigenvalue weighted by Crippen LogP contribution is -2.49. The molecule has 8 heteroatoms. The van der Waals surface area contributed by atoms with Crippen LogP contribution >= 0.6 is 0 Å². The predicted molar refractivity (Wildman–Crippen MR) is 127 cm³/mol. The molecule has 0 spiro atoms. The molecule has 0 radical (unpaired) electrons. The highest BCUT2D eigenvalue weighted by Gasteiger charge is 2.17. The van der Waals surface area contributed by atoms with Gasteiger partial charge >= 0.3 is 0 Å². The summed E-state index contributed by atoms with van der Waals surface area (Å²) in [6, 6.07) is 11.8. The second-order valence-electron chi connectivity index (χ2n) is 7.58. The normalized spacial score (nSPS) is 15.8. The number of aliphatic imine (C=N–C) groups is 1. The van der Waals surface area contributed by atoms with Crippen LogP contribution in [0.25, 0.3) is 0 Å². The van der Waals surface area contributed by atoms with Gasteiger partial charge in [-0.15, -0.1) is 0 Å². The van der Waals surface area contributed by atoms with E-state index in [0.717, 1.165) is 56.7 Å². The number of ether oxygens (including phenoxy) is 3. The molecule has 1 aliphatic rings. The van der Waals surface area contributed by atoms with E-state index < -0.39 is 0 Å². The van der Waals surface area contributed by atoms with Gasteiger partial charge in [-0.1, -0.05) is 0 Å². The Labute approximate surface area is 191 Å². The number of hydrogen-bond acceptors (Lipinski definition) is 6. The lowest BCUT2D eigenvalue weighted by molar-refractivity contribution is 0.0211. The first-order valence-corrected chi connectivity index (χ1v) is 11.4. The minimum absolute atomic E-state index is 0.415. The van der Waals surface area contributed by atoms with Gasteiger partial charge in [0.2, 0.25) is 5.88 Å². The lowest BCUT2D eigenvalue weighted by atomic mass is 10.2. The topological polar surface area (TPSA) is 80.2 Å². The van der Waals surface area contributed by atoms with Crippen LogP contribution in [0.4, 0.5) is 0 Å². The number of nitrogens with zero attached hydrogens (tertiary/aromatic N) is 3. The largest absolute Gasteiger partial charge is 0.494 e. The lowest BCUT2D eigenvalue weighted by Gasteiger charge is -2.32. The Morgan fingerprint density at radius 1 is 1.12 bits per heavy atom. The van der Waals surface area contributed by atoms with Gasteiger partial charge in [0.05, 0.1) is 26.4 Å². The number of pyridine rings is 1. The van der Waals surface area contributed by atoms with Crippen LogP contribution in [-0.2, 0) is 11.3 Å². The standard InChI is InChI=1S/C24H35N5O3/c1-4-25-24(27-17-19(3)29-12-14-30-15-13-29)28-18-20-10-11-26-23(16-20)32-22-8-6-21(7-9-22)31-5-2/h6-11,16,19H,4-5,12-15,17-18H2,1-3H3,(H2,25,27,28). The summed E-state index contributed by atoms with van der Waals surface area (Å²) in [6.45, 7) is 12.6. The van der Waals surface area contributed by atoms with Crippen molar-refractivity contribution in [3.63, 3.8) is 0 Å². The summed E-state index contributed by atoms with van der Waals surface area (Å²) in [5.41, 5.74) is 1.03. The van der Waals surface area contributed by atoms with E-state index in [-0.39, 0.29) is 0 Å². The van der Waals surface area contributed by atoms with Gasteiger partial charge in [-0.3, -0.25) is 4.90 Å². The zero-order valence-corrected chi connectivity index (χ0v) is 19.3. The Morgan fingerprint density at radius 2 is 1.88 bits per heavy atom. The molecule has 0 bridgehead atoms. The van der Waals surface area contributed by atoms with E-state index in [9.17, 15) is 0 Å². The van der Waals surface area contributed by atoms with Crippen LogP contribution in [0.15, 0.2) is 47.6 Å². The van der Waals surface area contributed by atoms with Crippen LogP contribution in [0.3, 0.4) is 0 Å². The molecule has 1 saturated heterocycles. The Kier molecular flexibility index (Phi) is 9.59. The van der Waals surface area contributed by atoms with Crippen molar-refractivity contribution in [2.45, 2.75) is 33.4 Å². The smallest absolute Gasteiger partial charge is 0.219 e. The van der Waals surface area contributed by atoms with Gasteiger partial charge in [0.15, 0.2) is 5.96 Å². The monoisotopic (exact) mass is 441 g/mol. The maximum absolute atomic E-state index is 5.89. The fourth-order valence-electron chi connectivity index (χ4n) is 3.40. The summed E-state index contributed by atoms with van der Waals surface area (Å²) >= 11 is 0. The van der Waals surface area contributed by atoms with Crippen molar-refractivity contribution in [1.82, 2.24) is 20.5 Å². The zero-order valence-electron chi connectivity index (χ0n) is 19.3. The quantitative estimate of drug-likeness (QED) is 0.433. The zero-order chi connectivity index (χ0) is 22.6. The fourth-order valence-corrected chi connectivity index (χ4v) is 3.40. The Balaban J connectivity index is 1.55. The summed E-state index contributed by atoms with van der Waals surface area (Å²) in [4.78, 5) is 11.5. The second kappa shape index (κ2) is 12.9. The third-order valence-corrected chi connectivity index (χ3v) is 5.15. The Hall–Kier alpha value is -2.84. The van der Waals surface area contributed by atoms with E-state index in [1.165, 1.54) is 0 Å². The van der Waals surface area contributed by atoms with Crippen molar-refractivity contribution in [2.24, 2.45) is 4.99 Å². The summed E-state index contributed by atoms with van der Waals surface area (Å²) in [5, 5.41) is 6.77. The average Bonchev–Trinajstić information content (AvgIpc) is 2.83. The van der Waals surface area contributed by atoms with Crippen LogP contribution in [0.1, 0.15) is 26.3 Å². The first-order chi connectivity index (χ1) is 15.7. The first kappa shape index (κ1) is 23.8. The molecule has 0 saturated carbocycles. The second-order valence-corrected chi connectivity index (χ2v) is 7.58. The van der Waals surface area contributed by atoms with Gasteiger partial charge < -0.3 is 24.8 Å². The van der Waals surface area contributed by atoms with Crippen LogP contribution in [-0.4, -0.2) is 67.9 Å². The molecule has 8 nitrogen and oxygen atoms in total. The third-order valence-electron chi connectivity index (χ3n) is 5.15. The molecule has 1 aromatic carbocycles. The summed E-state index contributed by atoms with van der Waals surface area (Å²) in [7, 11) is 0. The molecular formula is C24H35N5O3. The minimum Gasteiger partial charge on any atom is -0.494 e. The maximum atomic E-state index is 5.89. The fraction of sp³-hybridized carbons (Fsp3) is 0.500. The number of benzene rings is 1. The molecule has 2 N–H and O–H groups in total. The molecule has 3 rings (SSSR count). The molecule has 1 atom stereocenters. The van der Waals surface area contributed by atoms with E-state index in [1.54, 1.807) is 6.20 Å². The van der Waals surface area contributed by atoms with Gasteiger partial charge in [-0.05, 0) is 56.7 Å². The van der Waals surface area contributed by atoms with Crippen LogP contribution < -0.4 is 20.1 Å². The molecule has 1 aliphatic heterocycles. The number of nitrogens with one attached hydrogen (secondary N) is 2. The molecular weight excluding hydrogens is 406 g/mol. The molecule has 174 valence electrons. The molecule has 0 aliphatic carbocycles. The van der Waals surface area contributed by atoms with Crippen molar-refractivity contribution < 1.29 is 14.2 Å². The molecule has 2 aromatic rings. The van der Waals surface area contributed by atoms with Crippen LogP contribution in [0, 0.1) is 0 Å². The molecule has 0 amide bonds. The van der Waals surface area contributed by atoms with Crippen molar-refractivity contribution >= 4 is 5.96 Å². The molecule has 32 heavy (non-hydrogen) atoms. The van der Waals surface area contributed by atoms with Crippen LogP contribution in [0.2, 0.25) is 0 Å². The number of guanidine groups is 1. The third kappa shape index (κ3) is 7.69. The van der Waals surface area contributed by atoms with Crippen LogP contribution in [0.5, 0.6) is 17.4 Å².